The lowest BCUT2D eigenvalue weighted by Gasteiger charge is -2.15. The van der Waals surface area contributed by atoms with Gasteiger partial charge >= 0.3 is 0 Å². The van der Waals surface area contributed by atoms with Gasteiger partial charge in [-0.05, 0) is 12.3 Å². The van der Waals surface area contributed by atoms with Gasteiger partial charge in [0.2, 0.25) is 5.75 Å². The highest BCUT2D eigenvalue weighted by Crippen LogP contribution is 2.40. The van der Waals surface area contributed by atoms with Crippen LogP contribution in [0.3, 0.4) is 0 Å². The monoisotopic (exact) mass is 346 g/mol. The Bertz CT molecular complexity index is 667. The first-order valence-electron chi connectivity index (χ1n) is 8.20. The van der Waals surface area contributed by atoms with Crippen LogP contribution in [0, 0.1) is 5.92 Å². The fraction of sp³-hybridized carbons (Fsp3) is 0.444. The van der Waals surface area contributed by atoms with Gasteiger partial charge in [-0.25, -0.2) is 9.97 Å². The van der Waals surface area contributed by atoms with Crippen molar-refractivity contribution in [3.63, 3.8) is 0 Å². The average molecular weight is 346 g/mol. The van der Waals surface area contributed by atoms with Crippen LogP contribution >= 0.6 is 0 Å². The molecule has 1 aromatic heterocycles. The zero-order valence-corrected chi connectivity index (χ0v) is 15.4. The number of nitrogens with zero attached hydrogens (tertiary/aromatic N) is 2. The van der Waals surface area contributed by atoms with Crippen molar-refractivity contribution < 1.29 is 14.2 Å². The van der Waals surface area contributed by atoms with Crippen LogP contribution in [0.25, 0.3) is 0 Å². The summed E-state index contributed by atoms with van der Waals surface area (Å²) < 4.78 is 16.1. The van der Waals surface area contributed by atoms with Gasteiger partial charge in [0, 0.05) is 30.4 Å². The van der Waals surface area contributed by atoms with Gasteiger partial charge in [-0.3, -0.25) is 0 Å². The molecule has 7 heteroatoms. The Kier molecular flexibility index (Phi) is 6.68. The SMILES string of the molecule is COc1cc(Nc2cc(NCCC(C)C)ncn2)cc(OC)c1OC. The van der Waals surface area contributed by atoms with Crippen molar-refractivity contribution in [1.82, 2.24) is 9.97 Å². The third-order valence-corrected chi connectivity index (χ3v) is 3.63. The molecule has 2 N–H and O–H groups in total. The highest BCUT2D eigenvalue weighted by atomic mass is 16.5. The Morgan fingerprint density at radius 1 is 0.920 bits per heavy atom. The van der Waals surface area contributed by atoms with E-state index in [4.69, 9.17) is 14.2 Å². The number of aromatic nitrogens is 2. The molecule has 1 aromatic carbocycles. The summed E-state index contributed by atoms with van der Waals surface area (Å²) in [5.41, 5.74) is 0.779. The lowest BCUT2D eigenvalue weighted by Crippen LogP contribution is -2.07. The average Bonchev–Trinajstić information content (AvgIpc) is 2.60. The second-order valence-electron chi connectivity index (χ2n) is 5.94. The van der Waals surface area contributed by atoms with Crippen LogP contribution in [0.15, 0.2) is 24.5 Å². The maximum atomic E-state index is 5.37. The molecule has 25 heavy (non-hydrogen) atoms. The third kappa shape index (κ3) is 5.14. The summed E-state index contributed by atoms with van der Waals surface area (Å²) in [6.45, 7) is 5.26. The highest BCUT2D eigenvalue weighted by molar-refractivity contribution is 5.67. The molecule has 0 aliphatic heterocycles. The fourth-order valence-corrected chi connectivity index (χ4v) is 2.31. The molecule has 0 saturated heterocycles. The van der Waals surface area contributed by atoms with Crippen molar-refractivity contribution in [2.45, 2.75) is 20.3 Å². The lowest BCUT2D eigenvalue weighted by atomic mass is 10.1. The first-order valence-corrected chi connectivity index (χ1v) is 8.20. The molecule has 0 fully saturated rings. The van der Waals surface area contributed by atoms with E-state index < -0.39 is 0 Å². The maximum Gasteiger partial charge on any atom is 0.203 e. The van der Waals surface area contributed by atoms with Crippen LogP contribution in [0.2, 0.25) is 0 Å². The van der Waals surface area contributed by atoms with Crippen LogP contribution in [0.5, 0.6) is 17.2 Å². The van der Waals surface area contributed by atoms with Gasteiger partial charge in [0.05, 0.1) is 21.3 Å². The molecule has 0 saturated carbocycles. The number of hydrogen-bond donors (Lipinski definition) is 2. The number of methoxy groups -OCH3 is 3. The van der Waals surface area contributed by atoms with E-state index >= 15 is 0 Å². The van der Waals surface area contributed by atoms with Gasteiger partial charge in [0.25, 0.3) is 0 Å². The molecule has 1 heterocycles. The molecule has 0 amide bonds. The normalized spacial score (nSPS) is 10.5. The van der Waals surface area contributed by atoms with Gasteiger partial charge in [0.1, 0.15) is 18.0 Å². The summed E-state index contributed by atoms with van der Waals surface area (Å²) in [6, 6.07) is 5.52. The van der Waals surface area contributed by atoms with E-state index in [2.05, 4.69) is 34.4 Å². The fourth-order valence-electron chi connectivity index (χ4n) is 2.31. The molecular weight excluding hydrogens is 320 g/mol. The van der Waals surface area contributed by atoms with Crippen LogP contribution in [0.4, 0.5) is 17.3 Å². The van der Waals surface area contributed by atoms with Crippen molar-refractivity contribution in [2.75, 3.05) is 38.5 Å². The van der Waals surface area contributed by atoms with Gasteiger partial charge in [0.15, 0.2) is 11.5 Å². The Labute approximate surface area is 148 Å². The Morgan fingerprint density at radius 3 is 2.12 bits per heavy atom. The third-order valence-electron chi connectivity index (χ3n) is 3.63. The predicted molar refractivity (Wildman–Crippen MR) is 99.4 cm³/mol. The van der Waals surface area contributed by atoms with E-state index in [9.17, 15) is 0 Å². The van der Waals surface area contributed by atoms with E-state index in [1.807, 2.05) is 18.2 Å². The highest BCUT2D eigenvalue weighted by Gasteiger charge is 2.13. The molecule has 7 nitrogen and oxygen atoms in total. The molecule has 0 aliphatic carbocycles. The largest absolute Gasteiger partial charge is 0.493 e. The first-order chi connectivity index (χ1) is 12.1. The van der Waals surface area contributed by atoms with E-state index in [-0.39, 0.29) is 0 Å². The number of nitrogens with one attached hydrogen (secondary N) is 2. The summed E-state index contributed by atoms with van der Waals surface area (Å²) in [5, 5.41) is 6.54. The number of hydrogen-bond acceptors (Lipinski definition) is 7. The minimum absolute atomic E-state index is 0.550. The molecule has 0 unspecified atom stereocenters. The van der Waals surface area contributed by atoms with Crippen molar-refractivity contribution in [3.05, 3.63) is 24.5 Å². The molecule has 0 radical (unpaired) electrons. The van der Waals surface area contributed by atoms with Crippen LogP contribution in [0.1, 0.15) is 20.3 Å². The standard InChI is InChI=1S/C18H26N4O3/c1-12(2)6-7-19-16-10-17(21-11-20-16)22-13-8-14(23-3)18(25-5)15(9-13)24-4/h8-12H,6-7H2,1-5H3,(H2,19,20,21,22). The Morgan fingerprint density at radius 2 is 1.56 bits per heavy atom. The molecule has 0 aliphatic rings. The quantitative estimate of drug-likeness (QED) is 0.717. The lowest BCUT2D eigenvalue weighted by molar-refractivity contribution is 0.324. The minimum Gasteiger partial charge on any atom is -0.493 e. The van der Waals surface area contributed by atoms with Crippen molar-refractivity contribution in [1.29, 1.82) is 0 Å². The molecule has 0 atom stereocenters. The van der Waals surface area contributed by atoms with Crippen molar-refractivity contribution >= 4 is 17.3 Å². The summed E-state index contributed by atoms with van der Waals surface area (Å²) in [5.74, 6) is 3.81. The first kappa shape index (κ1) is 18.6. The molecule has 0 spiro atoms. The van der Waals surface area contributed by atoms with E-state index in [1.165, 1.54) is 6.33 Å². The number of ether oxygens (including phenoxy) is 3. The van der Waals surface area contributed by atoms with Gasteiger partial charge < -0.3 is 24.8 Å². The molecule has 2 aromatic rings. The van der Waals surface area contributed by atoms with Gasteiger partial charge in [-0.1, -0.05) is 13.8 Å². The summed E-state index contributed by atoms with van der Waals surface area (Å²) in [6.07, 6.45) is 2.61. The van der Waals surface area contributed by atoms with Crippen molar-refractivity contribution in [3.8, 4) is 17.2 Å². The zero-order valence-electron chi connectivity index (χ0n) is 15.4. The van der Waals surface area contributed by atoms with Crippen molar-refractivity contribution in [2.24, 2.45) is 5.92 Å². The summed E-state index contributed by atoms with van der Waals surface area (Å²) >= 11 is 0. The van der Waals surface area contributed by atoms with Crippen LogP contribution < -0.4 is 24.8 Å². The minimum atomic E-state index is 0.550. The Hall–Kier alpha value is -2.70. The summed E-state index contributed by atoms with van der Waals surface area (Å²) in [4.78, 5) is 8.50. The number of benzene rings is 1. The maximum absolute atomic E-state index is 5.37. The molecule has 136 valence electrons. The smallest absolute Gasteiger partial charge is 0.203 e. The Balaban J connectivity index is 2.16. The second kappa shape index (κ2) is 8.96. The molecule has 2 rings (SSSR count). The number of anilines is 3. The topological polar surface area (TPSA) is 77.5 Å². The molecule has 0 bridgehead atoms. The van der Waals surface area contributed by atoms with E-state index in [0.29, 0.717) is 29.0 Å². The van der Waals surface area contributed by atoms with Gasteiger partial charge in [-0.2, -0.15) is 0 Å². The zero-order chi connectivity index (χ0) is 18.2. The second-order valence-corrected chi connectivity index (χ2v) is 5.94. The van der Waals surface area contributed by atoms with E-state index in [0.717, 1.165) is 24.5 Å². The van der Waals surface area contributed by atoms with E-state index in [1.54, 1.807) is 21.3 Å². The number of rotatable bonds is 9. The van der Waals surface area contributed by atoms with Gasteiger partial charge in [-0.15, -0.1) is 0 Å². The predicted octanol–water partition coefficient (Wildman–Crippen LogP) is 3.70. The summed E-state index contributed by atoms with van der Waals surface area (Å²) in [7, 11) is 4.75. The molecular formula is C18H26N4O3. The van der Waals surface area contributed by atoms with Crippen LogP contribution in [-0.4, -0.2) is 37.8 Å². The van der Waals surface area contributed by atoms with Crippen LogP contribution in [-0.2, 0) is 0 Å².